The zero-order chi connectivity index (χ0) is 13.8. The van der Waals surface area contributed by atoms with Crippen LogP contribution in [0.4, 0.5) is 14.5 Å². The second-order valence-electron chi connectivity index (χ2n) is 4.09. The number of para-hydroxylation sites is 1. The molecule has 5 heteroatoms. The molecule has 2 aromatic rings. The monoisotopic (exact) mass is 264 g/mol. The zero-order valence-corrected chi connectivity index (χ0v) is 10.7. The topological polar surface area (TPSA) is 34.1 Å². The lowest BCUT2D eigenvalue weighted by atomic mass is 10.2. The van der Waals surface area contributed by atoms with Crippen molar-refractivity contribution in [1.82, 2.24) is 4.98 Å². The van der Waals surface area contributed by atoms with Gasteiger partial charge in [0.1, 0.15) is 23.1 Å². The zero-order valence-electron chi connectivity index (χ0n) is 10.7. The molecule has 0 unspecified atom stereocenters. The molecule has 0 aliphatic rings. The predicted molar refractivity (Wildman–Crippen MR) is 69.2 cm³/mol. The average molecular weight is 264 g/mol. The fourth-order valence-electron chi connectivity index (χ4n) is 1.76. The van der Waals surface area contributed by atoms with E-state index < -0.39 is 11.6 Å². The highest BCUT2D eigenvalue weighted by atomic mass is 19.1. The van der Waals surface area contributed by atoms with Gasteiger partial charge in [0.05, 0.1) is 19.3 Å². The molecule has 0 aliphatic carbocycles. The Morgan fingerprint density at radius 1 is 1.21 bits per heavy atom. The van der Waals surface area contributed by atoms with Crippen LogP contribution in [-0.4, -0.2) is 12.1 Å². The minimum atomic E-state index is -0.625. The van der Waals surface area contributed by atoms with Gasteiger partial charge in [0.2, 0.25) is 0 Å². The van der Waals surface area contributed by atoms with E-state index in [9.17, 15) is 8.78 Å². The molecule has 0 saturated heterocycles. The molecule has 0 amide bonds. The lowest BCUT2D eigenvalue weighted by molar-refractivity contribution is 0.413. The summed E-state index contributed by atoms with van der Waals surface area (Å²) in [5, 5.41) is 2.71. The molecule has 0 spiro atoms. The maximum absolute atomic E-state index is 13.4. The lowest BCUT2D eigenvalue weighted by Crippen LogP contribution is -2.06. The average Bonchev–Trinajstić information content (AvgIpc) is 2.37. The van der Waals surface area contributed by atoms with E-state index in [1.54, 1.807) is 19.2 Å². The Kier molecular flexibility index (Phi) is 3.94. The van der Waals surface area contributed by atoms with Crippen molar-refractivity contribution in [2.24, 2.45) is 0 Å². The summed E-state index contributed by atoms with van der Waals surface area (Å²) >= 11 is 0. The minimum absolute atomic E-state index is 0.148. The van der Waals surface area contributed by atoms with E-state index in [1.165, 1.54) is 18.2 Å². The number of aryl methyl sites for hydroxylation is 1. The van der Waals surface area contributed by atoms with Gasteiger partial charge in [-0.15, -0.1) is 0 Å². The number of ether oxygens (including phenoxy) is 1. The van der Waals surface area contributed by atoms with Crippen LogP contribution in [0.2, 0.25) is 0 Å². The van der Waals surface area contributed by atoms with Gasteiger partial charge >= 0.3 is 0 Å². The fourth-order valence-corrected chi connectivity index (χ4v) is 1.76. The summed E-state index contributed by atoms with van der Waals surface area (Å²) in [5.74, 6) is -0.586. The number of rotatable bonds is 4. The third-order valence-corrected chi connectivity index (χ3v) is 2.62. The Labute approximate surface area is 110 Å². The molecule has 100 valence electrons. The first kappa shape index (κ1) is 13.3. The maximum atomic E-state index is 13.4. The quantitative estimate of drug-likeness (QED) is 0.920. The first-order chi connectivity index (χ1) is 9.10. The lowest BCUT2D eigenvalue weighted by Gasteiger charge is -2.10. The van der Waals surface area contributed by atoms with Crippen LogP contribution in [0.1, 0.15) is 11.4 Å². The van der Waals surface area contributed by atoms with Crippen LogP contribution in [0.3, 0.4) is 0 Å². The van der Waals surface area contributed by atoms with Crippen molar-refractivity contribution in [3.8, 4) is 5.75 Å². The number of halogens is 2. The van der Waals surface area contributed by atoms with Crippen molar-refractivity contribution in [2.75, 3.05) is 12.4 Å². The van der Waals surface area contributed by atoms with Crippen LogP contribution in [0, 0.1) is 18.6 Å². The summed E-state index contributed by atoms with van der Waals surface area (Å²) in [6, 6.07) is 7.24. The predicted octanol–water partition coefficient (Wildman–Crippen LogP) is 3.29. The summed E-state index contributed by atoms with van der Waals surface area (Å²) in [4.78, 5) is 4.27. The molecular weight excluding hydrogens is 250 g/mol. The fraction of sp³-hybridized carbons (Fsp3) is 0.214. The molecule has 0 atom stereocenters. The molecule has 0 bridgehead atoms. The summed E-state index contributed by atoms with van der Waals surface area (Å²) < 4.78 is 32.0. The van der Waals surface area contributed by atoms with Gasteiger partial charge in [-0.3, -0.25) is 4.98 Å². The van der Waals surface area contributed by atoms with Crippen molar-refractivity contribution >= 4 is 5.69 Å². The van der Waals surface area contributed by atoms with Crippen LogP contribution in [0.5, 0.6) is 5.75 Å². The van der Waals surface area contributed by atoms with Crippen molar-refractivity contribution in [3.63, 3.8) is 0 Å². The first-order valence-corrected chi connectivity index (χ1v) is 5.79. The van der Waals surface area contributed by atoms with E-state index in [0.29, 0.717) is 11.4 Å². The van der Waals surface area contributed by atoms with Crippen LogP contribution in [0.15, 0.2) is 30.3 Å². The molecule has 19 heavy (non-hydrogen) atoms. The molecule has 1 aromatic heterocycles. The van der Waals surface area contributed by atoms with Gasteiger partial charge in [0.25, 0.3) is 0 Å². The van der Waals surface area contributed by atoms with Gasteiger partial charge in [-0.2, -0.15) is 0 Å². The number of benzene rings is 1. The highest BCUT2D eigenvalue weighted by molar-refractivity contribution is 5.46. The molecule has 0 radical (unpaired) electrons. The van der Waals surface area contributed by atoms with Crippen molar-refractivity contribution in [2.45, 2.75) is 13.5 Å². The van der Waals surface area contributed by atoms with Crippen molar-refractivity contribution in [3.05, 3.63) is 53.4 Å². The van der Waals surface area contributed by atoms with Gasteiger partial charge in [-0.05, 0) is 19.1 Å². The summed E-state index contributed by atoms with van der Waals surface area (Å²) in [5.41, 5.74) is 1.29. The number of nitrogens with one attached hydrogen (secondary N) is 1. The molecule has 0 fully saturated rings. The summed E-state index contributed by atoms with van der Waals surface area (Å²) in [7, 11) is 1.56. The molecule has 1 N–H and O–H groups in total. The Morgan fingerprint density at radius 3 is 2.53 bits per heavy atom. The van der Waals surface area contributed by atoms with E-state index in [-0.39, 0.29) is 12.2 Å². The van der Waals surface area contributed by atoms with Gasteiger partial charge < -0.3 is 10.1 Å². The van der Waals surface area contributed by atoms with Crippen LogP contribution < -0.4 is 10.1 Å². The van der Waals surface area contributed by atoms with Gasteiger partial charge in [-0.1, -0.05) is 6.07 Å². The minimum Gasteiger partial charge on any atom is -0.497 e. The Hall–Kier alpha value is -2.17. The number of hydrogen-bond acceptors (Lipinski definition) is 3. The smallest absolute Gasteiger partial charge is 0.149 e. The van der Waals surface area contributed by atoms with E-state index in [1.807, 2.05) is 6.92 Å². The number of pyridine rings is 1. The van der Waals surface area contributed by atoms with Crippen molar-refractivity contribution < 1.29 is 13.5 Å². The molecule has 0 saturated carbocycles. The molecule has 2 rings (SSSR count). The van der Waals surface area contributed by atoms with E-state index >= 15 is 0 Å². The van der Waals surface area contributed by atoms with Crippen LogP contribution in [-0.2, 0) is 6.54 Å². The Morgan fingerprint density at radius 2 is 1.89 bits per heavy atom. The molecular formula is C14H14F2N2O. The summed E-state index contributed by atoms with van der Waals surface area (Å²) in [6.45, 7) is 2.05. The third kappa shape index (κ3) is 3.19. The number of methoxy groups -OCH3 is 1. The van der Waals surface area contributed by atoms with E-state index in [2.05, 4.69) is 10.3 Å². The highest BCUT2D eigenvalue weighted by Gasteiger charge is 2.08. The normalized spacial score (nSPS) is 10.3. The third-order valence-electron chi connectivity index (χ3n) is 2.62. The molecule has 0 aliphatic heterocycles. The second kappa shape index (κ2) is 5.65. The van der Waals surface area contributed by atoms with Crippen molar-refractivity contribution in [1.29, 1.82) is 0 Å². The second-order valence-corrected chi connectivity index (χ2v) is 4.09. The van der Waals surface area contributed by atoms with Crippen LogP contribution >= 0.6 is 0 Å². The first-order valence-electron chi connectivity index (χ1n) is 5.79. The maximum Gasteiger partial charge on any atom is 0.149 e. The number of hydrogen-bond donors (Lipinski definition) is 1. The molecule has 1 heterocycles. The summed E-state index contributed by atoms with van der Waals surface area (Å²) in [6.07, 6.45) is 0. The number of aromatic nitrogens is 1. The van der Waals surface area contributed by atoms with Gasteiger partial charge in [0, 0.05) is 17.8 Å². The molecule has 3 nitrogen and oxygen atoms in total. The molecule has 1 aromatic carbocycles. The van der Waals surface area contributed by atoms with Crippen LogP contribution in [0.25, 0.3) is 0 Å². The SMILES string of the molecule is COc1cc(C)nc(CNc2c(F)cccc2F)c1. The van der Waals surface area contributed by atoms with E-state index in [0.717, 1.165) is 5.69 Å². The van der Waals surface area contributed by atoms with Gasteiger partial charge in [-0.25, -0.2) is 8.78 Å². The van der Waals surface area contributed by atoms with E-state index in [4.69, 9.17) is 4.74 Å². The number of anilines is 1. The Bertz CT molecular complexity index is 567. The standard InChI is InChI=1S/C14H14F2N2O/c1-9-6-11(19-2)7-10(18-9)8-17-14-12(15)4-3-5-13(14)16/h3-7,17H,8H2,1-2H3. The largest absolute Gasteiger partial charge is 0.497 e. The van der Waals surface area contributed by atoms with Gasteiger partial charge in [0.15, 0.2) is 0 Å². The number of nitrogens with zero attached hydrogens (tertiary/aromatic N) is 1. The Balaban J connectivity index is 2.16. The highest BCUT2D eigenvalue weighted by Crippen LogP contribution is 2.20.